The Labute approximate surface area is 121 Å². The maximum Gasteiger partial charge on any atom is 0.151 e. The summed E-state index contributed by atoms with van der Waals surface area (Å²) in [5.74, 6) is 1.36. The van der Waals surface area contributed by atoms with Crippen LogP contribution in [0.5, 0.6) is 0 Å². The van der Waals surface area contributed by atoms with Gasteiger partial charge in [0.05, 0.1) is 11.6 Å². The van der Waals surface area contributed by atoms with Gasteiger partial charge in [0, 0.05) is 13.1 Å². The summed E-state index contributed by atoms with van der Waals surface area (Å²) >= 11 is 5.72. The molecule has 0 radical (unpaired) electrons. The van der Waals surface area contributed by atoms with Crippen molar-refractivity contribution in [3.05, 3.63) is 17.8 Å². The fraction of sp³-hybridized carbons (Fsp3) is 0.714. The summed E-state index contributed by atoms with van der Waals surface area (Å²) in [5.41, 5.74) is 0.824. The number of alkyl halides is 1. The molecule has 1 rings (SSSR count). The molecule has 0 bridgehead atoms. The van der Waals surface area contributed by atoms with Crippen molar-refractivity contribution in [3.8, 4) is 0 Å². The fourth-order valence-electron chi connectivity index (χ4n) is 2.05. The maximum atomic E-state index is 5.72. The molecule has 0 amide bonds. The highest BCUT2D eigenvalue weighted by atomic mass is 35.5. The smallest absolute Gasteiger partial charge is 0.151 e. The Morgan fingerprint density at radius 2 is 1.74 bits per heavy atom. The van der Waals surface area contributed by atoms with Crippen molar-refractivity contribution in [2.24, 2.45) is 0 Å². The van der Waals surface area contributed by atoms with Gasteiger partial charge >= 0.3 is 0 Å². The topological polar surface area (TPSA) is 32.3 Å². The number of nitrogens with zero attached hydrogens (tertiary/aromatic N) is 4. The molecule has 0 aromatic carbocycles. The van der Waals surface area contributed by atoms with Crippen molar-refractivity contribution in [3.63, 3.8) is 0 Å². The van der Waals surface area contributed by atoms with Gasteiger partial charge < -0.3 is 9.80 Å². The van der Waals surface area contributed by atoms with Crippen molar-refractivity contribution in [1.29, 1.82) is 0 Å². The molecule has 0 aliphatic rings. The molecular weight excluding hydrogens is 260 g/mol. The summed E-state index contributed by atoms with van der Waals surface area (Å²) < 4.78 is 0. The van der Waals surface area contributed by atoms with Crippen LogP contribution in [0.1, 0.15) is 32.9 Å². The molecule has 4 nitrogen and oxygen atoms in total. The van der Waals surface area contributed by atoms with Crippen molar-refractivity contribution in [2.45, 2.75) is 33.1 Å². The van der Waals surface area contributed by atoms with Crippen LogP contribution in [0.25, 0.3) is 0 Å². The van der Waals surface area contributed by atoms with Gasteiger partial charge in [-0.2, -0.15) is 5.10 Å². The van der Waals surface area contributed by atoms with Crippen LogP contribution in [0, 0.1) is 0 Å². The molecule has 5 heteroatoms. The van der Waals surface area contributed by atoms with E-state index >= 15 is 0 Å². The van der Waals surface area contributed by atoms with Crippen LogP contribution in [0.4, 0.5) is 5.82 Å². The van der Waals surface area contributed by atoms with Crippen LogP contribution in [0.15, 0.2) is 12.1 Å². The Balaban J connectivity index is 2.48. The first-order chi connectivity index (χ1) is 9.24. The van der Waals surface area contributed by atoms with Crippen LogP contribution >= 0.6 is 11.6 Å². The number of halogens is 1. The SMILES string of the molecule is CCN(CC)CCCN(CC)c1ccc(CCl)nn1. The standard InChI is InChI=1S/C14H25ClN4/c1-4-18(5-2)10-7-11-19(6-3)14-9-8-13(12-15)16-17-14/h8-9H,4-7,10-12H2,1-3H3. The molecule has 0 saturated heterocycles. The van der Waals surface area contributed by atoms with Crippen LogP contribution in [-0.2, 0) is 5.88 Å². The lowest BCUT2D eigenvalue weighted by Crippen LogP contribution is -2.30. The lowest BCUT2D eigenvalue weighted by molar-refractivity contribution is 0.300. The van der Waals surface area contributed by atoms with Crippen LogP contribution in [-0.4, -0.2) is 47.8 Å². The predicted molar refractivity (Wildman–Crippen MR) is 81.9 cm³/mol. The van der Waals surface area contributed by atoms with Crippen molar-refractivity contribution >= 4 is 17.4 Å². The lowest BCUT2D eigenvalue weighted by atomic mass is 10.3. The second-order valence-corrected chi connectivity index (χ2v) is 4.74. The Hall–Kier alpha value is -0.870. The number of anilines is 1. The highest BCUT2D eigenvalue weighted by molar-refractivity contribution is 6.16. The van der Waals surface area contributed by atoms with Gasteiger partial charge in [0.15, 0.2) is 5.82 Å². The Bertz CT molecular complexity index is 338. The Morgan fingerprint density at radius 1 is 1.00 bits per heavy atom. The molecule has 0 atom stereocenters. The van der Waals surface area contributed by atoms with E-state index in [-0.39, 0.29) is 0 Å². The molecule has 1 aromatic rings. The van der Waals surface area contributed by atoms with Gasteiger partial charge in [0.2, 0.25) is 0 Å². The van der Waals surface area contributed by atoms with Gasteiger partial charge in [0.25, 0.3) is 0 Å². The minimum atomic E-state index is 0.418. The first kappa shape index (κ1) is 16.2. The van der Waals surface area contributed by atoms with E-state index in [1.807, 2.05) is 12.1 Å². The van der Waals surface area contributed by atoms with Gasteiger partial charge in [-0.15, -0.1) is 16.7 Å². The number of hydrogen-bond donors (Lipinski definition) is 0. The predicted octanol–water partition coefficient (Wildman–Crippen LogP) is 2.77. The Morgan fingerprint density at radius 3 is 2.21 bits per heavy atom. The Kier molecular flexibility index (Phi) is 7.75. The van der Waals surface area contributed by atoms with E-state index < -0.39 is 0 Å². The number of rotatable bonds is 9. The summed E-state index contributed by atoms with van der Waals surface area (Å²) in [4.78, 5) is 4.70. The third kappa shape index (κ3) is 5.33. The zero-order chi connectivity index (χ0) is 14.1. The van der Waals surface area contributed by atoms with Gasteiger partial charge in [-0.3, -0.25) is 0 Å². The van der Waals surface area contributed by atoms with Gasteiger partial charge in [-0.1, -0.05) is 13.8 Å². The van der Waals surface area contributed by atoms with Gasteiger partial charge in [-0.25, -0.2) is 0 Å². The molecule has 1 aromatic heterocycles. The highest BCUT2D eigenvalue weighted by Gasteiger charge is 2.07. The maximum absolute atomic E-state index is 5.72. The van der Waals surface area contributed by atoms with E-state index in [1.54, 1.807) is 0 Å². The van der Waals surface area contributed by atoms with Crippen molar-refractivity contribution in [2.75, 3.05) is 37.6 Å². The van der Waals surface area contributed by atoms with Gasteiger partial charge in [0.1, 0.15) is 0 Å². The molecule has 0 N–H and O–H groups in total. The highest BCUT2D eigenvalue weighted by Crippen LogP contribution is 2.11. The molecule has 0 aliphatic heterocycles. The zero-order valence-electron chi connectivity index (χ0n) is 12.3. The average molecular weight is 285 g/mol. The molecule has 108 valence electrons. The summed E-state index contributed by atoms with van der Waals surface area (Å²) in [7, 11) is 0. The van der Waals surface area contributed by atoms with Crippen molar-refractivity contribution in [1.82, 2.24) is 15.1 Å². The van der Waals surface area contributed by atoms with E-state index in [4.69, 9.17) is 11.6 Å². The molecule has 0 saturated carbocycles. The van der Waals surface area contributed by atoms with Crippen LogP contribution < -0.4 is 4.90 Å². The van der Waals surface area contributed by atoms with E-state index in [0.717, 1.165) is 50.7 Å². The minimum Gasteiger partial charge on any atom is -0.355 e. The monoisotopic (exact) mass is 284 g/mol. The summed E-state index contributed by atoms with van der Waals surface area (Å²) in [6.45, 7) is 11.9. The zero-order valence-corrected chi connectivity index (χ0v) is 13.0. The molecule has 0 fully saturated rings. The summed E-state index contributed by atoms with van der Waals surface area (Å²) in [6.07, 6.45) is 1.15. The summed E-state index contributed by atoms with van der Waals surface area (Å²) in [6, 6.07) is 3.95. The largest absolute Gasteiger partial charge is 0.355 e. The van der Waals surface area contributed by atoms with Crippen LogP contribution in [0.2, 0.25) is 0 Å². The third-order valence-corrected chi connectivity index (χ3v) is 3.62. The molecule has 0 unspecified atom stereocenters. The molecular formula is C14H25ClN4. The number of aromatic nitrogens is 2. The molecule has 0 aliphatic carbocycles. The first-order valence-electron chi connectivity index (χ1n) is 7.10. The van der Waals surface area contributed by atoms with Crippen LogP contribution in [0.3, 0.4) is 0 Å². The lowest BCUT2D eigenvalue weighted by Gasteiger charge is -2.24. The second-order valence-electron chi connectivity index (χ2n) is 4.48. The summed E-state index contributed by atoms with van der Waals surface area (Å²) in [5, 5.41) is 8.34. The van der Waals surface area contributed by atoms with E-state index in [2.05, 4.69) is 40.8 Å². The fourth-order valence-corrected chi connectivity index (χ4v) is 2.19. The normalized spacial score (nSPS) is 11.0. The van der Waals surface area contributed by atoms with Crippen molar-refractivity contribution < 1.29 is 0 Å². The van der Waals surface area contributed by atoms with Gasteiger partial charge in [-0.05, 0) is 45.1 Å². The molecule has 0 spiro atoms. The second kappa shape index (κ2) is 9.10. The molecule has 1 heterocycles. The molecule has 19 heavy (non-hydrogen) atoms. The van der Waals surface area contributed by atoms with E-state index in [9.17, 15) is 0 Å². The van der Waals surface area contributed by atoms with E-state index in [0.29, 0.717) is 5.88 Å². The quantitative estimate of drug-likeness (QED) is 0.653. The first-order valence-corrected chi connectivity index (χ1v) is 7.64. The minimum absolute atomic E-state index is 0.418. The third-order valence-electron chi connectivity index (χ3n) is 3.35. The number of hydrogen-bond acceptors (Lipinski definition) is 4. The van der Waals surface area contributed by atoms with E-state index in [1.165, 1.54) is 0 Å². The average Bonchev–Trinajstić information content (AvgIpc) is 2.48.